The van der Waals surface area contributed by atoms with Crippen molar-refractivity contribution in [1.82, 2.24) is 15.0 Å². The third-order valence-electron chi connectivity index (χ3n) is 4.84. The van der Waals surface area contributed by atoms with Gasteiger partial charge in [0.1, 0.15) is 18.0 Å². The first-order chi connectivity index (χ1) is 11.7. The maximum absolute atomic E-state index is 4.64. The zero-order valence-corrected chi connectivity index (χ0v) is 14.1. The molecule has 1 aliphatic heterocycles. The maximum atomic E-state index is 4.64. The van der Waals surface area contributed by atoms with Crippen molar-refractivity contribution in [2.24, 2.45) is 0 Å². The molecule has 1 fully saturated rings. The predicted octanol–water partition coefficient (Wildman–Crippen LogP) is 2.97. The van der Waals surface area contributed by atoms with Crippen molar-refractivity contribution < 1.29 is 0 Å². The van der Waals surface area contributed by atoms with Gasteiger partial charge in [-0.1, -0.05) is 24.3 Å². The van der Waals surface area contributed by atoms with Gasteiger partial charge < -0.3 is 9.80 Å². The molecule has 2 aromatic heterocycles. The van der Waals surface area contributed by atoms with Crippen molar-refractivity contribution in [3.8, 4) is 0 Å². The summed E-state index contributed by atoms with van der Waals surface area (Å²) in [5.74, 6) is 2.15. The predicted molar refractivity (Wildman–Crippen MR) is 97.7 cm³/mol. The Kier molecular flexibility index (Phi) is 3.76. The van der Waals surface area contributed by atoms with Crippen LogP contribution in [0.5, 0.6) is 0 Å². The van der Waals surface area contributed by atoms with Gasteiger partial charge in [-0.15, -0.1) is 0 Å². The zero-order chi connectivity index (χ0) is 16.5. The number of benzene rings is 1. The van der Waals surface area contributed by atoms with Crippen LogP contribution in [0, 0.1) is 13.8 Å². The number of aryl methyl sites for hydroxylation is 1. The number of hydrogen-bond acceptors (Lipinski definition) is 5. The van der Waals surface area contributed by atoms with Crippen LogP contribution in [0.15, 0.2) is 42.9 Å². The average Bonchev–Trinajstić information content (AvgIpc) is 2.64. The van der Waals surface area contributed by atoms with Crippen molar-refractivity contribution in [3.63, 3.8) is 0 Å². The first kappa shape index (κ1) is 14.9. The van der Waals surface area contributed by atoms with Gasteiger partial charge in [0.05, 0.1) is 0 Å². The molecule has 0 unspecified atom stereocenters. The average molecular weight is 319 g/mol. The Morgan fingerprint density at radius 2 is 1.50 bits per heavy atom. The van der Waals surface area contributed by atoms with Crippen LogP contribution < -0.4 is 9.80 Å². The van der Waals surface area contributed by atoms with E-state index < -0.39 is 0 Å². The van der Waals surface area contributed by atoms with Crippen molar-refractivity contribution in [2.45, 2.75) is 13.8 Å². The van der Waals surface area contributed by atoms with Gasteiger partial charge >= 0.3 is 0 Å². The Hall–Kier alpha value is -2.69. The molecule has 0 radical (unpaired) electrons. The molecule has 122 valence electrons. The summed E-state index contributed by atoms with van der Waals surface area (Å²) in [7, 11) is 0. The molecule has 4 rings (SSSR count). The van der Waals surface area contributed by atoms with E-state index in [0.717, 1.165) is 43.5 Å². The van der Waals surface area contributed by atoms with Gasteiger partial charge in [-0.25, -0.2) is 15.0 Å². The largest absolute Gasteiger partial charge is 0.353 e. The van der Waals surface area contributed by atoms with Crippen LogP contribution in [-0.2, 0) is 0 Å². The van der Waals surface area contributed by atoms with Gasteiger partial charge in [0.2, 0.25) is 0 Å². The lowest BCUT2D eigenvalue weighted by Crippen LogP contribution is -2.47. The summed E-state index contributed by atoms with van der Waals surface area (Å²) in [4.78, 5) is 18.1. The van der Waals surface area contributed by atoms with E-state index in [2.05, 4.69) is 62.0 Å². The smallest absolute Gasteiger partial charge is 0.136 e. The Labute approximate surface area is 142 Å². The van der Waals surface area contributed by atoms with E-state index in [0.29, 0.717) is 0 Å². The van der Waals surface area contributed by atoms with Crippen LogP contribution >= 0.6 is 0 Å². The molecule has 0 aliphatic carbocycles. The molecule has 0 amide bonds. The fraction of sp³-hybridized carbons (Fsp3) is 0.316. The van der Waals surface area contributed by atoms with E-state index in [1.165, 1.54) is 16.3 Å². The van der Waals surface area contributed by atoms with E-state index in [4.69, 9.17) is 0 Å². The molecule has 3 heterocycles. The quantitative estimate of drug-likeness (QED) is 0.726. The van der Waals surface area contributed by atoms with Gasteiger partial charge in [-0.05, 0) is 25.3 Å². The van der Waals surface area contributed by atoms with Gasteiger partial charge in [0.25, 0.3) is 0 Å². The molecule has 0 saturated carbocycles. The number of piperazine rings is 1. The standard InChI is InChI=1S/C19H21N5/c1-14-15(2)21-13-22-18(14)23-9-11-24(12-10-23)19-17-6-4-3-5-16(17)7-8-20-19/h3-8,13H,9-12H2,1-2H3. The molecule has 1 aliphatic rings. The molecule has 0 bridgehead atoms. The first-order valence-corrected chi connectivity index (χ1v) is 8.36. The van der Waals surface area contributed by atoms with Crippen molar-refractivity contribution in [2.75, 3.05) is 36.0 Å². The van der Waals surface area contributed by atoms with Crippen LogP contribution in [0.2, 0.25) is 0 Å². The molecule has 0 N–H and O–H groups in total. The number of pyridine rings is 1. The summed E-state index contributed by atoms with van der Waals surface area (Å²) in [6.45, 7) is 7.93. The lowest BCUT2D eigenvalue weighted by Gasteiger charge is -2.37. The second-order valence-electron chi connectivity index (χ2n) is 6.24. The fourth-order valence-electron chi connectivity index (χ4n) is 3.33. The lowest BCUT2D eigenvalue weighted by molar-refractivity contribution is 0.640. The topological polar surface area (TPSA) is 45.2 Å². The number of hydrogen-bond donors (Lipinski definition) is 0. The number of nitrogens with zero attached hydrogens (tertiary/aromatic N) is 5. The molecule has 1 saturated heterocycles. The highest BCUT2D eigenvalue weighted by molar-refractivity contribution is 5.92. The van der Waals surface area contributed by atoms with Gasteiger partial charge in [-0.3, -0.25) is 0 Å². The van der Waals surface area contributed by atoms with Crippen LogP contribution in [-0.4, -0.2) is 41.1 Å². The van der Waals surface area contributed by atoms with E-state index in [9.17, 15) is 0 Å². The van der Waals surface area contributed by atoms with Crippen LogP contribution in [0.1, 0.15) is 11.3 Å². The fourth-order valence-corrected chi connectivity index (χ4v) is 3.33. The molecular weight excluding hydrogens is 298 g/mol. The number of fused-ring (bicyclic) bond motifs is 1. The summed E-state index contributed by atoms with van der Waals surface area (Å²) in [6.07, 6.45) is 3.57. The molecule has 5 heteroatoms. The van der Waals surface area contributed by atoms with Crippen molar-refractivity contribution in [3.05, 3.63) is 54.1 Å². The monoisotopic (exact) mass is 319 g/mol. The second kappa shape index (κ2) is 6.07. The number of aromatic nitrogens is 3. The molecule has 0 atom stereocenters. The first-order valence-electron chi connectivity index (χ1n) is 8.36. The lowest BCUT2D eigenvalue weighted by atomic mass is 10.1. The van der Waals surface area contributed by atoms with Crippen LogP contribution in [0.25, 0.3) is 10.8 Å². The molecule has 5 nitrogen and oxygen atoms in total. The molecular formula is C19H21N5. The Morgan fingerprint density at radius 1 is 0.792 bits per heavy atom. The minimum Gasteiger partial charge on any atom is -0.353 e. The minimum absolute atomic E-state index is 0.947. The van der Waals surface area contributed by atoms with E-state index in [-0.39, 0.29) is 0 Å². The third kappa shape index (κ3) is 2.56. The number of rotatable bonds is 2. The van der Waals surface area contributed by atoms with E-state index in [1.807, 2.05) is 13.1 Å². The highest BCUT2D eigenvalue weighted by atomic mass is 15.3. The number of anilines is 2. The summed E-state index contributed by atoms with van der Waals surface area (Å²) in [6, 6.07) is 10.5. The molecule has 24 heavy (non-hydrogen) atoms. The Bertz CT molecular complexity index is 863. The van der Waals surface area contributed by atoms with Crippen LogP contribution in [0.4, 0.5) is 11.6 Å². The Balaban J connectivity index is 1.57. The van der Waals surface area contributed by atoms with Gasteiger partial charge in [0.15, 0.2) is 0 Å². The Morgan fingerprint density at radius 3 is 2.29 bits per heavy atom. The van der Waals surface area contributed by atoms with Gasteiger partial charge in [0, 0.05) is 49.0 Å². The highest BCUT2D eigenvalue weighted by Gasteiger charge is 2.21. The summed E-state index contributed by atoms with van der Waals surface area (Å²) in [5.41, 5.74) is 2.23. The molecule has 1 aromatic carbocycles. The van der Waals surface area contributed by atoms with Gasteiger partial charge in [-0.2, -0.15) is 0 Å². The second-order valence-corrected chi connectivity index (χ2v) is 6.24. The normalized spacial score (nSPS) is 15.1. The summed E-state index contributed by atoms with van der Waals surface area (Å²) in [5, 5.41) is 2.47. The van der Waals surface area contributed by atoms with E-state index >= 15 is 0 Å². The third-order valence-corrected chi connectivity index (χ3v) is 4.84. The molecule has 3 aromatic rings. The van der Waals surface area contributed by atoms with E-state index in [1.54, 1.807) is 6.33 Å². The van der Waals surface area contributed by atoms with Crippen LogP contribution in [0.3, 0.4) is 0 Å². The molecule has 0 spiro atoms. The zero-order valence-electron chi connectivity index (χ0n) is 14.1. The highest BCUT2D eigenvalue weighted by Crippen LogP contribution is 2.26. The summed E-state index contributed by atoms with van der Waals surface area (Å²) < 4.78 is 0. The van der Waals surface area contributed by atoms with Crippen molar-refractivity contribution >= 4 is 22.4 Å². The SMILES string of the molecule is Cc1ncnc(N2CCN(c3nccc4ccccc34)CC2)c1C. The minimum atomic E-state index is 0.947. The van der Waals surface area contributed by atoms with Crippen molar-refractivity contribution in [1.29, 1.82) is 0 Å². The maximum Gasteiger partial charge on any atom is 0.136 e. The summed E-state index contributed by atoms with van der Waals surface area (Å²) >= 11 is 0.